The molecule has 1 aromatic heterocycles. The number of fused-ring (bicyclic) bond motifs is 1. The minimum Gasteiger partial charge on any atom is -0.491 e. The van der Waals surface area contributed by atoms with Crippen LogP contribution >= 0.6 is 0 Å². The number of hydrogen-bond acceptors (Lipinski definition) is 4. The summed E-state index contributed by atoms with van der Waals surface area (Å²) in [5, 5.41) is 11.7. The number of rotatable bonds is 7. The molecule has 1 aliphatic heterocycles. The summed E-state index contributed by atoms with van der Waals surface area (Å²) in [6.07, 6.45) is 3.82. The Hall–Kier alpha value is -2.63. The number of Topliss-reactive ketones (excluding diaryl/α,β-unsaturated/α-hetero) is 1. The van der Waals surface area contributed by atoms with Crippen LogP contribution in [0.1, 0.15) is 41.6 Å². The quantitative estimate of drug-likeness (QED) is 0.597. The van der Waals surface area contributed by atoms with Gasteiger partial charge in [-0.1, -0.05) is 18.2 Å². The predicted molar refractivity (Wildman–Crippen MR) is 115 cm³/mol. The van der Waals surface area contributed by atoms with E-state index < -0.39 is 6.10 Å². The number of benzene rings is 2. The molecule has 0 unspecified atom stereocenters. The van der Waals surface area contributed by atoms with Crippen molar-refractivity contribution in [3.05, 3.63) is 65.9 Å². The third kappa shape index (κ3) is 4.69. The van der Waals surface area contributed by atoms with Crippen molar-refractivity contribution in [3.8, 4) is 5.75 Å². The van der Waals surface area contributed by atoms with Gasteiger partial charge in [0.15, 0.2) is 5.78 Å². The van der Waals surface area contributed by atoms with E-state index in [4.69, 9.17) is 4.74 Å². The lowest BCUT2D eigenvalue weighted by atomic mass is 9.89. The molecule has 5 nitrogen and oxygen atoms in total. The number of likely N-dealkylation sites (tertiary alicyclic amines) is 1. The lowest BCUT2D eigenvalue weighted by Gasteiger charge is -2.33. The van der Waals surface area contributed by atoms with Gasteiger partial charge >= 0.3 is 0 Å². The molecule has 3 aromatic rings. The van der Waals surface area contributed by atoms with Gasteiger partial charge in [-0.05, 0) is 74.7 Å². The molecule has 0 amide bonds. The van der Waals surface area contributed by atoms with Crippen molar-refractivity contribution in [1.29, 1.82) is 0 Å². The van der Waals surface area contributed by atoms with E-state index in [0.29, 0.717) is 23.8 Å². The summed E-state index contributed by atoms with van der Waals surface area (Å²) in [6, 6.07) is 15.5. The number of piperidine rings is 1. The third-order valence-electron chi connectivity index (χ3n) is 5.82. The van der Waals surface area contributed by atoms with Crippen molar-refractivity contribution in [2.45, 2.75) is 31.8 Å². The molecule has 1 fully saturated rings. The Morgan fingerprint density at radius 3 is 2.62 bits per heavy atom. The summed E-state index contributed by atoms with van der Waals surface area (Å²) >= 11 is 0. The zero-order chi connectivity index (χ0) is 20.2. The molecular weight excluding hydrogens is 364 g/mol. The molecule has 29 heavy (non-hydrogen) atoms. The first-order valence-corrected chi connectivity index (χ1v) is 10.3. The summed E-state index contributed by atoms with van der Waals surface area (Å²) < 4.78 is 5.68. The number of aliphatic hydroxyl groups is 1. The normalized spacial score (nSPS) is 16.8. The smallest absolute Gasteiger partial charge is 0.159 e. The zero-order valence-corrected chi connectivity index (χ0v) is 16.8. The van der Waals surface area contributed by atoms with Crippen LogP contribution in [0.25, 0.3) is 10.9 Å². The van der Waals surface area contributed by atoms with E-state index in [1.165, 1.54) is 16.5 Å². The Kier molecular flexibility index (Phi) is 5.97. The van der Waals surface area contributed by atoms with Crippen molar-refractivity contribution >= 4 is 16.7 Å². The number of para-hydroxylation sites is 1. The van der Waals surface area contributed by atoms with Crippen molar-refractivity contribution in [1.82, 2.24) is 9.88 Å². The number of aromatic nitrogens is 1. The van der Waals surface area contributed by atoms with Crippen LogP contribution in [-0.2, 0) is 0 Å². The average molecular weight is 392 g/mol. The van der Waals surface area contributed by atoms with Crippen molar-refractivity contribution < 1.29 is 14.6 Å². The second kappa shape index (κ2) is 8.80. The van der Waals surface area contributed by atoms with Crippen LogP contribution in [0.5, 0.6) is 5.75 Å². The lowest BCUT2D eigenvalue weighted by Crippen LogP contribution is -2.40. The van der Waals surface area contributed by atoms with Crippen LogP contribution in [0.15, 0.2) is 54.7 Å². The van der Waals surface area contributed by atoms with Gasteiger partial charge in [0.25, 0.3) is 0 Å². The predicted octanol–water partition coefficient (Wildman–Crippen LogP) is 3.99. The van der Waals surface area contributed by atoms with E-state index in [1.54, 1.807) is 31.2 Å². The summed E-state index contributed by atoms with van der Waals surface area (Å²) in [4.78, 5) is 17.0. The number of H-pyrrole nitrogens is 1. The SMILES string of the molecule is CC(=O)c1ccc(OC[C@@H](O)CN2CCC(c3c[nH]c4ccccc34)CC2)cc1. The van der Waals surface area contributed by atoms with Crippen LogP contribution in [0.4, 0.5) is 0 Å². The van der Waals surface area contributed by atoms with Crippen molar-refractivity contribution in [2.75, 3.05) is 26.2 Å². The number of carbonyl (C=O) groups is 1. The van der Waals surface area contributed by atoms with Gasteiger partial charge in [0.1, 0.15) is 18.5 Å². The molecule has 5 heteroatoms. The van der Waals surface area contributed by atoms with Gasteiger partial charge in [-0.2, -0.15) is 0 Å². The fourth-order valence-electron chi connectivity index (χ4n) is 4.19. The maximum absolute atomic E-state index is 11.3. The first-order chi connectivity index (χ1) is 14.1. The van der Waals surface area contributed by atoms with Gasteiger partial charge in [-0.25, -0.2) is 0 Å². The Morgan fingerprint density at radius 1 is 1.17 bits per heavy atom. The van der Waals surface area contributed by atoms with Crippen LogP contribution < -0.4 is 4.74 Å². The zero-order valence-electron chi connectivity index (χ0n) is 16.8. The Balaban J connectivity index is 1.24. The largest absolute Gasteiger partial charge is 0.491 e. The van der Waals surface area contributed by atoms with E-state index in [2.05, 4.69) is 40.3 Å². The highest BCUT2D eigenvalue weighted by Crippen LogP contribution is 2.33. The molecule has 1 atom stereocenters. The minimum absolute atomic E-state index is 0.0348. The molecule has 4 rings (SSSR count). The van der Waals surface area contributed by atoms with E-state index in [1.807, 2.05) is 0 Å². The second-order valence-electron chi connectivity index (χ2n) is 7.91. The molecule has 0 aliphatic carbocycles. The summed E-state index contributed by atoms with van der Waals surface area (Å²) in [5.74, 6) is 1.27. The fraction of sp³-hybridized carbons (Fsp3) is 0.375. The fourth-order valence-corrected chi connectivity index (χ4v) is 4.19. The molecular formula is C24H28N2O3. The molecule has 0 bridgehead atoms. The molecule has 2 aromatic carbocycles. The van der Waals surface area contributed by atoms with Crippen LogP contribution in [0.2, 0.25) is 0 Å². The first-order valence-electron chi connectivity index (χ1n) is 10.3. The lowest BCUT2D eigenvalue weighted by molar-refractivity contribution is 0.0595. The number of aliphatic hydroxyl groups excluding tert-OH is 1. The maximum Gasteiger partial charge on any atom is 0.159 e. The molecule has 2 heterocycles. The molecule has 0 saturated carbocycles. The van der Waals surface area contributed by atoms with Crippen LogP contribution in [0, 0.1) is 0 Å². The summed E-state index contributed by atoms with van der Waals surface area (Å²) in [5.41, 5.74) is 3.28. The van der Waals surface area contributed by atoms with Gasteiger partial charge in [0.2, 0.25) is 0 Å². The summed E-state index contributed by atoms with van der Waals surface area (Å²) in [6.45, 7) is 4.37. The van der Waals surface area contributed by atoms with Gasteiger partial charge in [-0.3, -0.25) is 4.79 Å². The van der Waals surface area contributed by atoms with Gasteiger partial charge in [0, 0.05) is 29.2 Å². The van der Waals surface area contributed by atoms with Crippen LogP contribution in [0.3, 0.4) is 0 Å². The molecule has 0 spiro atoms. The number of ketones is 1. The minimum atomic E-state index is -0.535. The highest BCUT2D eigenvalue weighted by atomic mass is 16.5. The molecule has 0 radical (unpaired) electrons. The Labute approximate surface area is 171 Å². The Bertz CT molecular complexity index is 956. The number of carbonyl (C=O) groups excluding carboxylic acids is 1. The van der Waals surface area contributed by atoms with Crippen LogP contribution in [-0.4, -0.2) is 53.1 Å². The van der Waals surface area contributed by atoms with E-state index in [9.17, 15) is 9.90 Å². The second-order valence-corrected chi connectivity index (χ2v) is 7.91. The molecule has 1 saturated heterocycles. The number of aromatic amines is 1. The number of β-amino-alcohol motifs (C(OH)–C–C–N with tert-alkyl or cyclic N) is 1. The van der Waals surface area contributed by atoms with E-state index in [0.717, 1.165) is 25.9 Å². The van der Waals surface area contributed by atoms with Gasteiger partial charge in [-0.15, -0.1) is 0 Å². The van der Waals surface area contributed by atoms with Crippen molar-refractivity contribution in [3.63, 3.8) is 0 Å². The summed E-state index contributed by atoms with van der Waals surface area (Å²) in [7, 11) is 0. The topological polar surface area (TPSA) is 65.6 Å². The van der Waals surface area contributed by atoms with Gasteiger partial charge < -0.3 is 19.7 Å². The highest BCUT2D eigenvalue weighted by Gasteiger charge is 2.24. The van der Waals surface area contributed by atoms with Crippen molar-refractivity contribution in [2.24, 2.45) is 0 Å². The maximum atomic E-state index is 11.3. The monoisotopic (exact) mass is 392 g/mol. The highest BCUT2D eigenvalue weighted by molar-refractivity contribution is 5.94. The third-order valence-corrected chi connectivity index (χ3v) is 5.82. The first kappa shape index (κ1) is 19.7. The number of nitrogens with one attached hydrogen (secondary N) is 1. The molecule has 152 valence electrons. The standard InChI is InChI=1S/C24H28N2O3/c1-17(27)18-6-8-21(9-7-18)29-16-20(28)15-26-12-10-19(11-13-26)23-14-25-24-5-3-2-4-22(23)24/h2-9,14,19-20,25,28H,10-13,15-16H2,1H3/t20-/m0/s1. The van der Waals surface area contributed by atoms with E-state index in [-0.39, 0.29) is 12.4 Å². The number of nitrogens with zero attached hydrogens (tertiary/aromatic N) is 1. The molecule has 1 aliphatic rings. The molecule has 2 N–H and O–H groups in total. The Morgan fingerprint density at radius 2 is 1.90 bits per heavy atom. The number of hydrogen-bond donors (Lipinski definition) is 2. The van der Waals surface area contributed by atoms with Gasteiger partial charge in [0.05, 0.1) is 0 Å². The number of ether oxygens (including phenoxy) is 1. The van der Waals surface area contributed by atoms with E-state index >= 15 is 0 Å². The average Bonchev–Trinajstić information content (AvgIpc) is 3.17.